The first kappa shape index (κ1) is 21.9. The van der Waals surface area contributed by atoms with Gasteiger partial charge in [0.25, 0.3) is 0 Å². The third-order valence-electron chi connectivity index (χ3n) is 7.12. The van der Waals surface area contributed by atoms with Crippen molar-refractivity contribution in [3.63, 3.8) is 0 Å². The number of benzene rings is 5. The van der Waals surface area contributed by atoms with Crippen molar-refractivity contribution in [2.24, 2.45) is 0 Å². The van der Waals surface area contributed by atoms with E-state index in [9.17, 15) is 0 Å². The third kappa shape index (κ3) is 3.69. The molecular weight excluding hydrogens is 490 g/mol. The zero-order valence-corrected chi connectivity index (χ0v) is 21.5. The Morgan fingerprint density at radius 3 is 1.83 bits per heavy atom. The highest BCUT2D eigenvalue weighted by atomic mass is 79.9. The topological polar surface area (TPSA) is 3.24 Å². The van der Waals surface area contributed by atoms with Crippen LogP contribution in [0.1, 0.15) is 25.0 Å². The molecular formula is C33H26BrN. The Bertz CT molecular complexity index is 1500. The van der Waals surface area contributed by atoms with Crippen LogP contribution >= 0.6 is 15.9 Å². The SMILES string of the molecule is CC1(C)c2ccccc2-c2cccc(N(c3ccc(Br)cc3)c3ccc(-c4ccccc4)cc3)c21. The molecule has 170 valence electrons. The number of hydrogen-bond acceptors (Lipinski definition) is 1. The molecule has 0 bridgehead atoms. The Labute approximate surface area is 215 Å². The molecule has 0 aliphatic heterocycles. The van der Waals surface area contributed by atoms with E-state index in [1.807, 2.05) is 0 Å². The summed E-state index contributed by atoms with van der Waals surface area (Å²) in [5, 5.41) is 0. The highest BCUT2D eigenvalue weighted by Gasteiger charge is 2.38. The maximum atomic E-state index is 3.61. The molecule has 0 unspecified atom stereocenters. The van der Waals surface area contributed by atoms with Gasteiger partial charge in [-0.3, -0.25) is 0 Å². The minimum absolute atomic E-state index is 0.0971. The standard InChI is InChI=1S/C33H26BrN/c1-33(2)30-13-7-6-11-28(30)29-12-8-14-31(32(29)33)35(27-21-17-25(34)18-22-27)26-19-15-24(16-20-26)23-9-4-3-5-10-23/h3-22H,1-2H3. The Morgan fingerprint density at radius 2 is 1.11 bits per heavy atom. The van der Waals surface area contributed by atoms with Crippen LogP contribution in [0.15, 0.2) is 126 Å². The zero-order chi connectivity index (χ0) is 24.0. The average Bonchev–Trinajstić information content (AvgIpc) is 3.14. The molecule has 1 nitrogen and oxygen atoms in total. The van der Waals surface area contributed by atoms with Crippen molar-refractivity contribution in [1.82, 2.24) is 0 Å². The number of halogens is 1. The summed E-state index contributed by atoms with van der Waals surface area (Å²) in [5.74, 6) is 0. The molecule has 0 fully saturated rings. The van der Waals surface area contributed by atoms with Crippen LogP contribution in [0.5, 0.6) is 0 Å². The Hall–Kier alpha value is -3.62. The normalized spacial score (nSPS) is 13.2. The van der Waals surface area contributed by atoms with E-state index in [4.69, 9.17) is 0 Å². The first-order valence-electron chi connectivity index (χ1n) is 12.0. The third-order valence-corrected chi connectivity index (χ3v) is 7.65. The van der Waals surface area contributed by atoms with Gasteiger partial charge in [-0.05, 0) is 75.8 Å². The Morgan fingerprint density at radius 1 is 0.543 bits per heavy atom. The summed E-state index contributed by atoms with van der Waals surface area (Å²) < 4.78 is 1.08. The van der Waals surface area contributed by atoms with Gasteiger partial charge in [0.1, 0.15) is 0 Å². The van der Waals surface area contributed by atoms with Crippen molar-refractivity contribution < 1.29 is 0 Å². The molecule has 6 rings (SSSR count). The van der Waals surface area contributed by atoms with Crippen molar-refractivity contribution in [2.75, 3.05) is 4.90 Å². The van der Waals surface area contributed by atoms with Gasteiger partial charge in [-0.2, -0.15) is 0 Å². The minimum atomic E-state index is -0.0971. The van der Waals surface area contributed by atoms with Gasteiger partial charge in [-0.15, -0.1) is 0 Å². The van der Waals surface area contributed by atoms with Crippen LogP contribution < -0.4 is 4.90 Å². The minimum Gasteiger partial charge on any atom is -0.310 e. The molecule has 0 heterocycles. The van der Waals surface area contributed by atoms with Crippen LogP contribution in [0.2, 0.25) is 0 Å². The fraction of sp³-hybridized carbons (Fsp3) is 0.0909. The van der Waals surface area contributed by atoms with E-state index in [2.05, 4.69) is 156 Å². The molecule has 0 atom stereocenters. The molecule has 35 heavy (non-hydrogen) atoms. The number of hydrogen-bond donors (Lipinski definition) is 0. The fourth-order valence-electron chi connectivity index (χ4n) is 5.46. The summed E-state index contributed by atoms with van der Waals surface area (Å²) in [6.07, 6.45) is 0. The summed E-state index contributed by atoms with van der Waals surface area (Å²) in [6.45, 7) is 4.69. The van der Waals surface area contributed by atoms with Crippen molar-refractivity contribution in [3.8, 4) is 22.3 Å². The molecule has 0 spiro atoms. The van der Waals surface area contributed by atoms with E-state index in [0.29, 0.717) is 0 Å². The van der Waals surface area contributed by atoms with Gasteiger partial charge in [0.2, 0.25) is 0 Å². The molecule has 5 aromatic carbocycles. The molecule has 0 saturated heterocycles. The molecule has 1 aliphatic rings. The quantitative estimate of drug-likeness (QED) is 0.230. The maximum Gasteiger partial charge on any atom is 0.0508 e. The van der Waals surface area contributed by atoms with Gasteiger partial charge in [0.05, 0.1) is 5.69 Å². The molecule has 0 aromatic heterocycles. The highest BCUT2D eigenvalue weighted by Crippen LogP contribution is 2.54. The second-order valence-electron chi connectivity index (χ2n) is 9.60. The lowest BCUT2D eigenvalue weighted by Crippen LogP contribution is -2.20. The van der Waals surface area contributed by atoms with Crippen LogP contribution in [-0.4, -0.2) is 0 Å². The van der Waals surface area contributed by atoms with E-state index in [1.54, 1.807) is 0 Å². The lowest BCUT2D eigenvalue weighted by molar-refractivity contribution is 0.661. The second kappa shape index (κ2) is 8.55. The number of fused-ring (bicyclic) bond motifs is 3. The summed E-state index contributed by atoms with van der Waals surface area (Å²) in [6, 6.07) is 43.6. The number of anilines is 3. The maximum absolute atomic E-state index is 3.61. The molecule has 0 amide bonds. The van der Waals surface area contributed by atoms with E-state index in [1.165, 1.54) is 39.1 Å². The number of rotatable bonds is 4. The summed E-state index contributed by atoms with van der Waals surface area (Å²) in [7, 11) is 0. The van der Waals surface area contributed by atoms with Crippen molar-refractivity contribution in [2.45, 2.75) is 19.3 Å². The average molecular weight is 516 g/mol. The first-order valence-corrected chi connectivity index (χ1v) is 12.8. The van der Waals surface area contributed by atoms with Gasteiger partial charge in [0.15, 0.2) is 0 Å². The second-order valence-corrected chi connectivity index (χ2v) is 10.5. The van der Waals surface area contributed by atoms with Crippen LogP contribution in [0, 0.1) is 0 Å². The smallest absolute Gasteiger partial charge is 0.0508 e. The predicted molar refractivity (Wildman–Crippen MR) is 152 cm³/mol. The van der Waals surface area contributed by atoms with Gasteiger partial charge < -0.3 is 4.90 Å². The summed E-state index contributed by atoms with van der Waals surface area (Å²) in [5.41, 5.74) is 11.3. The lowest BCUT2D eigenvalue weighted by atomic mass is 9.81. The van der Waals surface area contributed by atoms with Crippen molar-refractivity contribution >= 4 is 33.0 Å². The highest BCUT2D eigenvalue weighted by molar-refractivity contribution is 9.10. The van der Waals surface area contributed by atoms with Gasteiger partial charge in [0, 0.05) is 21.3 Å². The first-order chi connectivity index (χ1) is 17.0. The zero-order valence-electron chi connectivity index (χ0n) is 19.9. The largest absolute Gasteiger partial charge is 0.310 e. The van der Waals surface area contributed by atoms with Crippen molar-refractivity contribution in [3.05, 3.63) is 137 Å². The van der Waals surface area contributed by atoms with E-state index in [-0.39, 0.29) is 5.41 Å². The molecule has 0 saturated carbocycles. The van der Waals surface area contributed by atoms with Crippen LogP contribution in [0.25, 0.3) is 22.3 Å². The van der Waals surface area contributed by atoms with Crippen LogP contribution in [0.4, 0.5) is 17.1 Å². The monoisotopic (exact) mass is 515 g/mol. The van der Waals surface area contributed by atoms with E-state index < -0.39 is 0 Å². The molecule has 0 radical (unpaired) electrons. The lowest BCUT2D eigenvalue weighted by Gasteiger charge is -2.32. The van der Waals surface area contributed by atoms with E-state index in [0.717, 1.165) is 15.8 Å². The summed E-state index contributed by atoms with van der Waals surface area (Å²) in [4.78, 5) is 2.40. The van der Waals surface area contributed by atoms with Gasteiger partial charge in [-0.25, -0.2) is 0 Å². The fourth-order valence-corrected chi connectivity index (χ4v) is 5.72. The van der Waals surface area contributed by atoms with Crippen LogP contribution in [0.3, 0.4) is 0 Å². The van der Waals surface area contributed by atoms with E-state index >= 15 is 0 Å². The molecule has 2 heteroatoms. The molecule has 5 aromatic rings. The molecule has 1 aliphatic carbocycles. The Kier molecular flexibility index (Phi) is 5.35. The molecule has 0 N–H and O–H groups in total. The van der Waals surface area contributed by atoms with Gasteiger partial charge >= 0.3 is 0 Å². The summed E-state index contributed by atoms with van der Waals surface area (Å²) >= 11 is 3.61. The number of nitrogens with zero attached hydrogens (tertiary/aromatic N) is 1. The van der Waals surface area contributed by atoms with Crippen molar-refractivity contribution in [1.29, 1.82) is 0 Å². The van der Waals surface area contributed by atoms with Gasteiger partial charge in [-0.1, -0.05) is 109 Å². The van der Waals surface area contributed by atoms with Crippen LogP contribution in [-0.2, 0) is 5.41 Å². The Balaban J connectivity index is 1.54. The predicted octanol–water partition coefficient (Wildman–Crippen LogP) is 9.89.